The molecule has 4 rings (SSSR count). The summed E-state index contributed by atoms with van der Waals surface area (Å²) >= 11 is 1.74. The minimum absolute atomic E-state index is 0.0145. The average molecular weight is 434 g/mol. The maximum Gasteiger partial charge on any atom is 0.326 e. The number of hydrogen-bond acceptors (Lipinski definition) is 6. The standard InChI is InChI=1S/C22H35N5O2S/c1-16-7-5-6-8-22(16)19(28)27(20(29)24-22)15-26-11-9-25(10-12-26)13-17-14-30-18(23-17)21(2,3)4/h14,16H,5-13,15H2,1-4H3,(H,24,29)/t16-,22-/m0/s1. The van der Waals surface area contributed by atoms with Gasteiger partial charge in [0.15, 0.2) is 0 Å². The maximum atomic E-state index is 13.2. The highest BCUT2D eigenvalue weighted by Gasteiger charge is 2.55. The average Bonchev–Trinajstić information content (AvgIpc) is 3.25. The lowest BCUT2D eigenvalue weighted by molar-refractivity contribution is -0.136. The van der Waals surface area contributed by atoms with Crippen LogP contribution in [0.5, 0.6) is 0 Å². The van der Waals surface area contributed by atoms with E-state index >= 15 is 0 Å². The van der Waals surface area contributed by atoms with Crippen molar-refractivity contribution in [2.24, 2.45) is 5.92 Å². The van der Waals surface area contributed by atoms with Crippen molar-refractivity contribution in [2.45, 2.75) is 70.9 Å². The minimum Gasteiger partial charge on any atom is -0.323 e. The Morgan fingerprint density at radius 2 is 1.87 bits per heavy atom. The van der Waals surface area contributed by atoms with Gasteiger partial charge in [-0.15, -0.1) is 11.3 Å². The molecule has 0 aromatic carbocycles. The molecule has 1 spiro atoms. The third-order valence-corrected chi connectivity index (χ3v) is 8.20. The molecule has 0 radical (unpaired) electrons. The zero-order chi connectivity index (χ0) is 21.5. The van der Waals surface area contributed by atoms with E-state index in [0.29, 0.717) is 6.67 Å². The Balaban J connectivity index is 1.30. The molecular formula is C22H35N5O2S. The van der Waals surface area contributed by atoms with Crippen molar-refractivity contribution in [2.75, 3.05) is 32.8 Å². The van der Waals surface area contributed by atoms with Crippen LogP contribution in [0.25, 0.3) is 0 Å². The van der Waals surface area contributed by atoms with Crippen molar-refractivity contribution >= 4 is 23.3 Å². The number of imide groups is 1. The van der Waals surface area contributed by atoms with Crippen LogP contribution in [0.15, 0.2) is 5.38 Å². The van der Waals surface area contributed by atoms with Gasteiger partial charge in [0.1, 0.15) is 5.54 Å². The van der Waals surface area contributed by atoms with Crippen molar-refractivity contribution in [1.29, 1.82) is 0 Å². The highest BCUT2D eigenvalue weighted by molar-refractivity contribution is 7.09. The predicted molar refractivity (Wildman–Crippen MR) is 118 cm³/mol. The Morgan fingerprint density at radius 3 is 2.50 bits per heavy atom. The fraction of sp³-hybridized carbons (Fsp3) is 0.773. The Labute approximate surface area is 183 Å². The first-order chi connectivity index (χ1) is 14.2. The number of aromatic nitrogens is 1. The molecule has 1 aliphatic carbocycles. The van der Waals surface area contributed by atoms with Gasteiger partial charge in [-0.2, -0.15) is 0 Å². The number of nitrogens with one attached hydrogen (secondary N) is 1. The monoisotopic (exact) mass is 433 g/mol. The van der Waals surface area contributed by atoms with Crippen molar-refractivity contribution < 1.29 is 9.59 Å². The van der Waals surface area contributed by atoms with E-state index in [-0.39, 0.29) is 23.3 Å². The highest BCUT2D eigenvalue weighted by atomic mass is 32.1. The number of urea groups is 1. The number of amides is 3. The summed E-state index contributed by atoms with van der Waals surface area (Å²) in [5.41, 5.74) is 0.574. The summed E-state index contributed by atoms with van der Waals surface area (Å²) in [6, 6.07) is -0.214. The molecule has 3 aliphatic rings. The second kappa shape index (κ2) is 8.20. The summed E-state index contributed by atoms with van der Waals surface area (Å²) in [6.45, 7) is 13.5. The van der Waals surface area contributed by atoms with Crippen molar-refractivity contribution in [3.05, 3.63) is 16.1 Å². The Bertz CT molecular complexity index is 796. The van der Waals surface area contributed by atoms with E-state index in [1.807, 2.05) is 0 Å². The molecule has 30 heavy (non-hydrogen) atoms. The lowest BCUT2D eigenvalue weighted by atomic mass is 9.73. The molecule has 2 aliphatic heterocycles. The molecule has 1 aromatic rings. The number of thiazole rings is 1. The number of nitrogens with zero attached hydrogens (tertiary/aromatic N) is 4. The first kappa shape index (κ1) is 21.7. The van der Waals surface area contributed by atoms with Crippen LogP contribution in [-0.2, 0) is 16.8 Å². The molecule has 0 bridgehead atoms. The molecule has 3 amide bonds. The van der Waals surface area contributed by atoms with Crippen molar-refractivity contribution in [3.8, 4) is 0 Å². The molecule has 7 nitrogen and oxygen atoms in total. The van der Waals surface area contributed by atoms with Gasteiger partial charge in [-0.05, 0) is 18.8 Å². The van der Waals surface area contributed by atoms with Crippen LogP contribution in [0.1, 0.15) is 64.1 Å². The smallest absolute Gasteiger partial charge is 0.323 e. The lowest BCUT2D eigenvalue weighted by Crippen LogP contribution is -2.55. The third kappa shape index (κ3) is 4.14. The Morgan fingerprint density at radius 1 is 1.17 bits per heavy atom. The zero-order valence-corrected chi connectivity index (χ0v) is 19.6. The maximum absolute atomic E-state index is 13.2. The van der Waals surface area contributed by atoms with Crippen LogP contribution >= 0.6 is 11.3 Å². The lowest BCUT2D eigenvalue weighted by Gasteiger charge is -2.38. The molecule has 2 saturated heterocycles. The number of hydrogen-bond donors (Lipinski definition) is 1. The van der Waals surface area contributed by atoms with Crippen LogP contribution in [0.4, 0.5) is 4.79 Å². The van der Waals surface area contributed by atoms with Gasteiger partial charge < -0.3 is 5.32 Å². The quantitative estimate of drug-likeness (QED) is 0.740. The molecule has 3 heterocycles. The van der Waals surface area contributed by atoms with E-state index in [9.17, 15) is 9.59 Å². The van der Waals surface area contributed by atoms with Gasteiger partial charge >= 0.3 is 6.03 Å². The fourth-order valence-electron chi connectivity index (χ4n) is 4.87. The molecule has 3 fully saturated rings. The van der Waals surface area contributed by atoms with Crippen LogP contribution in [-0.4, -0.2) is 70.0 Å². The van der Waals surface area contributed by atoms with Crippen LogP contribution in [0, 0.1) is 5.92 Å². The first-order valence-corrected chi connectivity index (χ1v) is 12.1. The number of carbonyl (C=O) groups is 2. The van der Waals surface area contributed by atoms with Crippen molar-refractivity contribution in [1.82, 2.24) is 25.0 Å². The fourth-order valence-corrected chi connectivity index (χ4v) is 5.76. The van der Waals surface area contributed by atoms with E-state index in [4.69, 9.17) is 4.98 Å². The first-order valence-electron chi connectivity index (χ1n) is 11.2. The van der Waals surface area contributed by atoms with E-state index < -0.39 is 5.54 Å². The number of piperazine rings is 1. The van der Waals surface area contributed by atoms with Gasteiger partial charge in [-0.3, -0.25) is 14.6 Å². The SMILES string of the molecule is C[C@H]1CCCC[C@]12NC(=O)N(CN1CCN(Cc3csc(C(C)(C)C)n3)CC1)C2=O. The highest BCUT2D eigenvalue weighted by Crippen LogP contribution is 2.38. The Hall–Kier alpha value is -1.51. The van der Waals surface area contributed by atoms with E-state index in [1.54, 1.807) is 11.3 Å². The molecule has 166 valence electrons. The summed E-state index contributed by atoms with van der Waals surface area (Å²) in [6.07, 6.45) is 3.93. The molecular weight excluding hydrogens is 398 g/mol. The predicted octanol–water partition coefficient (Wildman–Crippen LogP) is 3.02. The summed E-state index contributed by atoms with van der Waals surface area (Å²) in [4.78, 5) is 36.7. The second-order valence-electron chi connectivity index (χ2n) is 10.2. The summed E-state index contributed by atoms with van der Waals surface area (Å²) in [5.74, 6) is 0.194. The van der Waals surface area contributed by atoms with Gasteiger partial charge in [0.2, 0.25) is 0 Å². The van der Waals surface area contributed by atoms with Gasteiger partial charge in [0.25, 0.3) is 5.91 Å². The van der Waals surface area contributed by atoms with E-state index in [0.717, 1.165) is 64.1 Å². The molecule has 0 unspecified atom stereocenters. The van der Waals surface area contributed by atoms with Gasteiger partial charge in [-0.1, -0.05) is 40.5 Å². The molecule has 2 atom stereocenters. The van der Waals surface area contributed by atoms with Gasteiger partial charge in [0.05, 0.1) is 17.4 Å². The van der Waals surface area contributed by atoms with Crippen molar-refractivity contribution in [3.63, 3.8) is 0 Å². The van der Waals surface area contributed by atoms with Crippen LogP contribution in [0.2, 0.25) is 0 Å². The largest absolute Gasteiger partial charge is 0.326 e. The topological polar surface area (TPSA) is 68.8 Å². The normalized spacial score (nSPS) is 29.1. The van der Waals surface area contributed by atoms with Gasteiger partial charge in [-0.25, -0.2) is 14.7 Å². The van der Waals surface area contributed by atoms with E-state index in [2.05, 4.69) is 48.2 Å². The molecule has 1 saturated carbocycles. The minimum atomic E-state index is -0.660. The summed E-state index contributed by atoms with van der Waals surface area (Å²) in [5, 5.41) is 6.41. The van der Waals surface area contributed by atoms with Crippen LogP contribution in [0.3, 0.4) is 0 Å². The third-order valence-electron chi connectivity index (χ3n) is 6.89. The second-order valence-corrected chi connectivity index (χ2v) is 11.1. The molecule has 1 N–H and O–H groups in total. The summed E-state index contributed by atoms with van der Waals surface area (Å²) < 4.78 is 0. The zero-order valence-electron chi connectivity index (χ0n) is 18.7. The van der Waals surface area contributed by atoms with Crippen LogP contribution < -0.4 is 5.32 Å². The van der Waals surface area contributed by atoms with E-state index in [1.165, 1.54) is 9.91 Å². The number of carbonyl (C=O) groups excluding carboxylic acids is 2. The molecule has 1 aromatic heterocycles. The summed E-state index contributed by atoms with van der Waals surface area (Å²) in [7, 11) is 0. The number of rotatable bonds is 4. The Kier molecular flexibility index (Phi) is 5.94. The van der Waals surface area contributed by atoms with Gasteiger partial charge in [0, 0.05) is 43.5 Å². The molecule has 8 heteroatoms.